The van der Waals surface area contributed by atoms with Crippen LogP contribution in [0.2, 0.25) is 5.15 Å². The molecule has 6 N–H and O–H groups in total. The van der Waals surface area contributed by atoms with Crippen molar-refractivity contribution in [1.29, 1.82) is 0 Å². The van der Waals surface area contributed by atoms with E-state index < -0.39 is 5.78 Å². The van der Waals surface area contributed by atoms with Crippen LogP contribution in [0.1, 0.15) is 37.2 Å². The predicted octanol–water partition coefficient (Wildman–Crippen LogP) is 0.529. The summed E-state index contributed by atoms with van der Waals surface area (Å²) >= 11 is 5.83. The molecular formula is C17H24ClN7O2. The summed E-state index contributed by atoms with van der Waals surface area (Å²) in [6.07, 6.45) is 3.01. The fourth-order valence-electron chi connectivity index (χ4n) is 3.37. The molecule has 2 saturated heterocycles. The quantitative estimate of drug-likeness (QED) is 0.430. The molecule has 0 radical (unpaired) electrons. The van der Waals surface area contributed by atoms with Gasteiger partial charge in [-0.2, -0.15) is 0 Å². The van der Waals surface area contributed by atoms with Crippen molar-refractivity contribution in [2.24, 2.45) is 5.92 Å². The topological polar surface area (TPSA) is 139 Å². The zero-order valence-corrected chi connectivity index (χ0v) is 16.1. The second kappa shape index (κ2) is 7.22. The molecule has 1 aromatic heterocycles. The molecule has 2 fully saturated rings. The van der Waals surface area contributed by atoms with Crippen molar-refractivity contribution in [3.8, 4) is 0 Å². The molecule has 0 aromatic carbocycles. The average molecular weight is 394 g/mol. The van der Waals surface area contributed by atoms with Gasteiger partial charge in [0.2, 0.25) is 11.7 Å². The number of likely N-dealkylation sites (tertiary alicyclic amines) is 1. The molecule has 1 spiro atoms. The molecule has 10 heteroatoms. The lowest BCUT2D eigenvalue weighted by atomic mass is 9.88. The van der Waals surface area contributed by atoms with Crippen LogP contribution in [0.25, 0.3) is 0 Å². The minimum Gasteiger partial charge on any atom is -0.382 e. The van der Waals surface area contributed by atoms with Gasteiger partial charge in [0.15, 0.2) is 22.5 Å². The lowest BCUT2D eigenvalue weighted by molar-refractivity contribution is -0.136. The van der Waals surface area contributed by atoms with Crippen LogP contribution in [-0.2, 0) is 4.79 Å². The molecule has 0 bridgehead atoms. The van der Waals surface area contributed by atoms with Crippen molar-refractivity contribution in [1.82, 2.24) is 25.5 Å². The van der Waals surface area contributed by atoms with Crippen LogP contribution in [-0.4, -0.2) is 51.7 Å². The van der Waals surface area contributed by atoms with Gasteiger partial charge in [-0.05, 0) is 12.8 Å². The molecule has 2 aliphatic heterocycles. The van der Waals surface area contributed by atoms with Crippen molar-refractivity contribution < 1.29 is 9.59 Å². The van der Waals surface area contributed by atoms with Crippen molar-refractivity contribution in [3.63, 3.8) is 0 Å². The minimum atomic E-state index is -0.415. The Morgan fingerprint density at radius 3 is 2.52 bits per heavy atom. The molecular weight excluding hydrogens is 370 g/mol. The highest BCUT2D eigenvalue weighted by Crippen LogP contribution is 2.27. The number of carbonyl (C=O) groups excluding carboxylic acids is 2. The number of nitrogens with one attached hydrogen (secondary N) is 2. The number of rotatable bonds is 3. The van der Waals surface area contributed by atoms with Gasteiger partial charge in [0.1, 0.15) is 5.82 Å². The third-order valence-corrected chi connectivity index (χ3v) is 5.23. The Labute approximate surface area is 162 Å². The molecule has 3 rings (SSSR count). The number of amides is 1. The smallest absolute Gasteiger partial charge is 0.225 e. The summed E-state index contributed by atoms with van der Waals surface area (Å²) < 4.78 is 0. The number of carbonyl (C=O) groups is 2. The first kappa shape index (κ1) is 19.2. The summed E-state index contributed by atoms with van der Waals surface area (Å²) in [7, 11) is 0. The van der Waals surface area contributed by atoms with Crippen molar-refractivity contribution in [3.05, 3.63) is 22.7 Å². The van der Waals surface area contributed by atoms with Crippen LogP contribution in [0.15, 0.2) is 11.9 Å². The molecule has 0 atom stereocenters. The van der Waals surface area contributed by atoms with E-state index in [1.54, 1.807) is 0 Å². The minimum absolute atomic E-state index is 0.0000850. The Bertz CT molecular complexity index is 801. The number of hydrogen-bond donors (Lipinski definition) is 4. The number of piperidine rings is 1. The molecule has 0 unspecified atom stereocenters. The van der Waals surface area contributed by atoms with E-state index >= 15 is 0 Å². The van der Waals surface area contributed by atoms with Gasteiger partial charge in [-0.3, -0.25) is 9.59 Å². The van der Waals surface area contributed by atoms with Crippen LogP contribution in [0.5, 0.6) is 0 Å². The molecule has 27 heavy (non-hydrogen) atoms. The normalized spacial score (nSPS) is 20.0. The molecule has 2 aliphatic rings. The van der Waals surface area contributed by atoms with Gasteiger partial charge in [0.25, 0.3) is 0 Å². The standard InChI is InChI=1S/C17H24ClN7O2/c1-9(2)16(27)25-5-3-17(4-6-25)8-21-11(24-17)7-10(26)12-14(19)23-15(20)13(18)22-12/h7,9,21,24H,3-6,8H2,1-2H3,(H4,19,20,23)/b11-7+. The van der Waals surface area contributed by atoms with Gasteiger partial charge >= 0.3 is 0 Å². The van der Waals surface area contributed by atoms with Gasteiger partial charge in [-0.1, -0.05) is 25.4 Å². The lowest BCUT2D eigenvalue weighted by Crippen LogP contribution is -2.53. The average Bonchev–Trinajstić information content (AvgIpc) is 3.00. The number of hydrogen-bond acceptors (Lipinski definition) is 8. The third-order valence-electron chi connectivity index (χ3n) is 4.96. The van der Waals surface area contributed by atoms with Crippen molar-refractivity contribution in [2.45, 2.75) is 32.2 Å². The number of ketones is 1. The third kappa shape index (κ3) is 3.92. The number of nitrogen functional groups attached to an aromatic ring is 2. The summed E-state index contributed by atoms with van der Waals surface area (Å²) in [5.41, 5.74) is 11.1. The highest BCUT2D eigenvalue weighted by atomic mass is 35.5. The van der Waals surface area contributed by atoms with Gasteiger partial charge in [-0.15, -0.1) is 0 Å². The second-order valence-corrected chi connectivity index (χ2v) is 7.65. The Balaban J connectivity index is 1.67. The Morgan fingerprint density at radius 2 is 1.89 bits per heavy atom. The molecule has 1 amide bonds. The largest absolute Gasteiger partial charge is 0.382 e. The SMILES string of the molecule is CC(C)C(=O)N1CCC2(CC1)CN/C(=C\C(=O)c1nc(Cl)c(N)nc1N)N2. The maximum Gasteiger partial charge on any atom is 0.225 e. The van der Waals surface area contributed by atoms with E-state index in [0.29, 0.717) is 25.5 Å². The molecule has 9 nitrogen and oxygen atoms in total. The first-order chi connectivity index (χ1) is 12.7. The highest BCUT2D eigenvalue weighted by molar-refractivity contribution is 6.31. The number of aromatic nitrogens is 2. The Hall–Kier alpha value is -2.55. The number of halogens is 1. The van der Waals surface area contributed by atoms with E-state index in [1.807, 2.05) is 18.7 Å². The number of anilines is 2. The highest BCUT2D eigenvalue weighted by Gasteiger charge is 2.40. The summed E-state index contributed by atoms with van der Waals surface area (Å²) in [5.74, 6) is 0.277. The van der Waals surface area contributed by atoms with Gasteiger partial charge in [0, 0.05) is 31.6 Å². The first-order valence-corrected chi connectivity index (χ1v) is 9.24. The predicted molar refractivity (Wildman–Crippen MR) is 103 cm³/mol. The zero-order valence-electron chi connectivity index (χ0n) is 15.4. The van der Waals surface area contributed by atoms with E-state index in [-0.39, 0.29) is 39.8 Å². The first-order valence-electron chi connectivity index (χ1n) is 8.86. The maximum absolute atomic E-state index is 12.5. The number of nitrogens with zero attached hydrogens (tertiary/aromatic N) is 3. The fourth-order valence-corrected chi connectivity index (χ4v) is 3.50. The summed E-state index contributed by atoms with van der Waals surface area (Å²) in [4.78, 5) is 34.3. The Kier molecular flexibility index (Phi) is 5.14. The van der Waals surface area contributed by atoms with E-state index in [4.69, 9.17) is 23.1 Å². The van der Waals surface area contributed by atoms with Crippen LogP contribution in [0.3, 0.4) is 0 Å². The summed E-state index contributed by atoms with van der Waals surface area (Å²) in [6.45, 7) is 5.89. The number of allylic oxidation sites excluding steroid dienone is 1. The van der Waals surface area contributed by atoms with Crippen LogP contribution < -0.4 is 22.1 Å². The molecule has 3 heterocycles. The summed E-state index contributed by atoms with van der Waals surface area (Å²) in [6, 6.07) is 0. The van der Waals surface area contributed by atoms with E-state index in [0.717, 1.165) is 12.8 Å². The number of nitrogens with two attached hydrogens (primary N) is 2. The summed E-state index contributed by atoms with van der Waals surface area (Å²) in [5, 5.41) is 6.54. The van der Waals surface area contributed by atoms with E-state index in [2.05, 4.69) is 20.6 Å². The lowest BCUT2D eigenvalue weighted by Gasteiger charge is -2.39. The second-order valence-electron chi connectivity index (χ2n) is 7.29. The van der Waals surface area contributed by atoms with Gasteiger partial charge in [-0.25, -0.2) is 9.97 Å². The van der Waals surface area contributed by atoms with E-state index in [9.17, 15) is 9.59 Å². The zero-order chi connectivity index (χ0) is 19.8. The van der Waals surface area contributed by atoms with Crippen molar-refractivity contribution >= 4 is 34.9 Å². The van der Waals surface area contributed by atoms with Crippen molar-refractivity contribution in [2.75, 3.05) is 31.1 Å². The molecule has 146 valence electrons. The Morgan fingerprint density at radius 1 is 1.22 bits per heavy atom. The van der Waals surface area contributed by atoms with Crippen LogP contribution in [0.4, 0.5) is 11.6 Å². The van der Waals surface area contributed by atoms with Gasteiger partial charge < -0.3 is 27.0 Å². The van der Waals surface area contributed by atoms with E-state index in [1.165, 1.54) is 6.08 Å². The van der Waals surface area contributed by atoms with Crippen LogP contribution in [0, 0.1) is 5.92 Å². The molecule has 0 saturated carbocycles. The molecule has 0 aliphatic carbocycles. The fraction of sp³-hybridized carbons (Fsp3) is 0.529. The maximum atomic E-state index is 12.5. The monoisotopic (exact) mass is 393 g/mol. The van der Waals surface area contributed by atoms with Crippen LogP contribution >= 0.6 is 11.6 Å². The van der Waals surface area contributed by atoms with Gasteiger partial charge in [0.05, 0.1) is 5.54 Å². The molecule has 1 aromatic rings.